The van der Waals surface area contributed by atoms with E-state index in [2.05, 4.69) is 0 Å². The first-order valence-corrected chi connectivity index (χ1v) is 4.50. The van der Waals surface area contributed by atoms with Gasteiger partial charge in [-0.25, -0.2) is 0 Å². The molecule has 0 N–H and O–H groups in total. The summed E-state index contributed by atoms with van der Waals surface area (Å²) in [4.78, 5) is 21.8. The Bertz CT molecular complexity index is 314. The molecule has 0 aromatic heterocycles. The summed E-state index contributed by atoms with van der Waals surface area (Å²) in [7, 11) is 0. The molecular weight excluding hydrogens is 267 g/mol. The van der Waals surface area contributed by atoms with Crippen LogP contribution in [0.1, 0.15) is 15.9 Å². The zero-order valence-corrected chi connectivity index (χ0v) is 8.66. The third kappa shape index (κ3) is 2.14. The Kier molecular flexibility index (Phi) is 2.97. The van der Waals surface area contributed by atoms with Crippen LogP contribution in [0.2, 0.25) is 0 Å². The Morgan fingerprint density at radius 1 is 1.17 bits per heavy atom. The number of Topliss-reactive ketones (excluding diaryl/α,β-unsaturated/α-hetero) is 1. The van der Waals surface area contributed by atoms with Crippen molar-refractivity contribution in [1.29, 1.82) is 0 Å². The van der Waals surface area contributed by atoms with Gasteiger partial charge in [-0.3, -0.25) is 9.59 Å². The zero-order chi connectivity index (χ0) is 9.14. The average Bonchev–Trinajstić information content (AvgIpc) is 2.04. The summed E-state index contributed by atoms with van der Waals surface area (Å²) in [6.45, 7) is 1.93. The van der Waals surface area contributed by atoms with Gasteiger partial charge in [-0.1, -0.05) is 29.8 Å². The van der Waals surface area contributed by atoms with Gasteiger partial charge in [-0.05, 0) is 6.92 Å². The lowest BCUT2D eigenvalue weighted by molar-refractivity contribution is -0.106. The van der Waals surface area contributed by atoms with Crippen LogP contribution in [0.25, 0.3) is 0 Å². The molecule has 62 valence electrons. The van der Waals surface area contributed by atoms with Gasteiger partial charge in [0.2, 0.25) is 5.78 Å². The van der Waals surface area contributed by atoms with Crippen LogP contribution in [0.3, 0.4) is 0 Å². The summed E-state index contributed by atoms with van der Waals surface area (Å²) in [5, 5.41) is 0. The van der Waals surface area contributed by atoms with Crippen LogP contribution < -0.4 is 0 Å². The fourth-order valence-corrected chi connectivity index (χ4v) is 1.13. The molecule has 0 atom stereocenters. The highest BCUT2D eigenvalue weighted by Crippen LogP contribution is 2.06. The molecule has 0 aliphatic rings. The average molecular weight is 274 g/mol. The maximum absolute atomic E-state index is 11.1. The zero-order valence-electron chi connectivity index (χ0n) is 6.50. The number of carbonyl (C=O) groups excluding carboxylic acids is 2. The van der Waals surface area contributed by atoms with E-state index in [-0.39, 0.29) is 0 Å². The van der Waals surface area contributed by atoms with Gasteiger partial charge >= 0.3 is 0 Å². The lowest BCUT2D eigenvalue weighted by Crippen LogP contribution is -2.06. The molecule has 2 nitrogen and oxygen atoms in total. The van der Waals surface area contributed by atoms with Gasteiger partial charge in [0.05, 0.1) is 0 Å². The van der Waals surface area contributed by atoms with Gasteiger partial charge < -0.3 is 0 Å². The molecule has 0 unspecified atom stereocenters. The van der Waals surface area contributed by atoms with Crippen molar-refractivity contribution >= 4 is 32.2 Å². The van der Waals surface area contributed by atoms with Gasteiger partial charge in [0, 0.05) is 28.2 Å². The van der Waals surface area contributed by atoms with Crippen molar-refractivity contribution in [2.45, 2.75) is 6.92 Å². The standard InChI is InChI=1S/C9H7IO2/c1-6-2-4-7(5-3-6)8(11)9(10)12/h2-5H,1H3. The van der Waals surface area contributed by atoms with Crippen LogP contribution in [0.4, 0.5) is 0 Å². The molecular formula is C9H7IO2. The summed E-state index contributed by atoms with van der Waals surface area (Å²) >= 11 is 1.49. The normalized spacial score (nSPS) is 9.50. The van der Waals surface area contributed by atoms with Gasteiger partial charge in [0.15, 0.2) is 0 Å². The lowest BCUT2D eigenvalue weighted by Gasteiger charge is -1.95. The number of halogens is 1. The van der Waals surface area contributed by atoms with Crippen molar-refractivity contribution in [3.05, 3.63) is 35.4 Å². The first-order valence-electron chi connectivity index (χ1n) is 3.42. The third-order valence-electron chi connectivity index (χ3n) is 1.49. The molecule has 1 aromatic carbocycles. The Morgan fingerprint density at radius 2 is 1.67 bits per heavy atom. The molecule has 0 aliphatic heterocycles. The second-order valence-electron chi connectivity index (χ2n) is 2.47. The smallest absolute Gasteiger partial charge is 0.262 e. The molecule has 0 bridgehead atoms. The van der Waals surface area contributed by atoms with Crippen molar-refractivity contribution in [2.24, 2.45) is 0 Å². The first kappa shape index (κ1) is 9.38. The van der Waals surface area contributed by atoms with Gasteiger partial charge in [0.25, 0.3) is 3.79 Å². The van der Waals surface area contributed by atoms with Gasteiger partial charge in [-0.15, -0.1) is 0 Å². The van der Waals surface area contributed by atoms with Gasteiger partial charge in [-0.2, -0.15) is 0 Å². The van der Waals surface area contributed by atoms with E-state index in [0.717, 1.165) is 5.56 Å². The van der Waals surface area contributed by atoms with Crippen LogP contribution in [0.5, 0.6) is 0 Å². The van der Waals surface area contributed by atoms with Crippen molar-refractivity contribution in [1.82, 2.24) is 0 Å². The second-order valence-corrected chi connectivity index (χ2v) is 3.45. The molecule has 12 heavy (non-hydrogen) atoms. The highest BCUT2D eigenvalue weighted by molar-refractivity contribution is 14.1. The van der Waals surface area contributed by atoms with E-state index in [1.807, 2.05) is 19.1 Å². The maximum atomic E-state index is 11.1. The Morgan fingerprint density at radius 3 is 2.08 bits per heavy atom. The molecule has 0 radical (unpaired) electrons. The van der Waals surface area contributed by atoms with Crippen molar-refractivity contribution in [3.63, 3.8) is 0 Å². The van der Waals surface area contributed by atoms with E-state index in [4.69, 9.17) is 0 Å². The SMILES string of the molecule is Cc1ccc(C(=O)C(=O)I)cc1. The maximum Gasteiger partial charge on any atom is 0.262 e. The predicted octanol–water partition coefficient (Wildman–Crippen LogP) is 2.14. The van der Waals surface area contributed by atoms with Crippen LogP contribution >= 0.6 is 22.6 Å². The molecule has 3 heteroatoms. The molecule has 1 aromatic rings. The lowest BCUT2D eigenvalue weighted by atomic mass is 10.1. The first-order chi connectivity index (χ1) is 5.61. The Labute approximate surface area is 84.1 Å². The highest BCUT2D eigenvalue weighted by Gasteiger charge is 2.11. The second kappa shape index (κ2) is 3.80. The number of hydrogen-bond donors (Lipinski definition) is 0. The summed E-state index contributed by atoms with van der Waals surface area (Å²) < 4.78 is -0.448. The van der Waals surface area contributed by atoms with Gasteiger partial charge in [0.1, 0.15) is 0 Å². The van der Waals surface area contributed by atoms with Crippen molar-refractivity contribution < 1.29 is 9.59 Å². The van der Waals surface area contributed by atoms with Crippen LogP contribution in [-0.2, 0) is 4.79 Å². The van der Waals surface area contributed by atoms with Crippen LogP contribution in [0.15, 0.2) is 24.3 Å². The molecule has 0 saturated carbocycles. The molecule has 1 rings (SSSR count). The third-order valence-corrected chi connectivity index (χ3v) is 1.98. The number of ketones is 1. The molecule has 0 fully saturated rings. The minimum absolute atomic E-state index is 0.435. The number of carbonyl (C=O) groups is 2. The molecule has 0 aliphatic carbocycles. The summed E-state index contributed by atoms with van der Waals surface area (Å²) in [5.74, 6) is -0.435. The summed E-state index contributed by atoms with van der Waals surface area (Å²) in [6.07, 6.45) is 0. The van der Waals surface area contributed by atoms with Crippen molar-refractivity contribution in [3.8, 4) is 0 Å². The Hall–Kier alpha value is -0.710. The molecule has 0 saturated heterocycles. The molecule has 0 spiro atoms. The largest absolute Gasteiger partial charge is 0.284 e. The van der Waals surface area contributed by atoms with E-state index >= 15 is 0 Å². The number of aryl methyl sites for hydroxylation is 1. The van der Waals surface area contributed by atoms with Crippen molar-refractivity contribution in [2.75, 3.05) is 0 Å². The summed E-state index contributed by atoms with van der Waals surface area (Å²) in [5.41, 5.74) is 1.53. The number of rotatable bonds is 2. The number of benzene rings is 1. The quantitative estimate of drug-likeness (QED) is 0.358. The topological polar surface area (TPSA) is 34.1 Å². The van der Waals surface area contributed by atoms with Crippen LogP contribution in [-0.4, -0.2) is 9.57 Å². The molecule has 0 amide bonds. The predicted molar refractivity (Wildman–Crippen MR) is 54.5 cm³/mol. The minimum atomic E-state index is -0.448. The minimum Gasteiger partial charge on any atom is -0.284 e. The monoisotopic (exact) mass is 274 g/mol. The Balaban J connectivity index is 2.98. The summed E-state index contributed by atoms with van der Waals surface area (Å²) in [6, 6.07) is 6.95. The fraction of sp³-hybridized carbons (Fsp3) is 0.111. The van der Waals surface area contributed by atoms with E-state index in [1.54, 1.807) is 12.1 Å². The fourth-order valence-electron chi connectivity index (χ4n) is 0.818. The van der Waals surface area contributed by atoms with E-state index in [0.29, 0.717) is 5.56 Å². The van der Waals surface area contributed by atoms with E-state index < -0.39 is 9.57 Å². The van der Waals surface area contributed by atoms with E-state index in [1.165, 1.54) is 22.6 Å². The highest BCUT2D eigenvalue weighted by atomic mass is 127. The van der Waals surface area contributed by atoms with Crippen LogP contribution in [0, 0.1) is 6.92 Å². The van der Waals surface area contributed by atoms with E-state index in [9.17, 15) is 9.59 Å². The number of hydrogen-bond acceptors (Lipinski definition) is 2. The molecule has 0 heterocycles.